The highest BCUT2D eigenvalue weighted by molar-refractivity contribution is 14.1. The number of methoxy groups -OCH3 is 5. The normalized spacial score (nSPS) is 14.8. The fourth-order valence-corrected chi connectivity index (χ4v) is 13.9. The van der Waals surface area contributed by atoms with Crippen LogP contribution in [0.4, 0.5) is 68.0 Å². The topological polar surface area (TPSA) is 309 Å². The Bertz CT molecular complexity index is 4710. The Hall–Kier alpha value is -7.94. The van der Waals surface area contributed by atoms with E-state index in [-0.39, 0.29) is 48.3 Å². The number of hydrogen-bond donors (Lipinski definition) is 7. The van der Waals surface area contributed by atoms with E-state index in [1.807, 2.05) is 51.2 Å². The number of terminal acetylenes is 1. The second-order valence-electron chi connectivity index (χ2n) is 24.5. The van der Waals surface area contributed by atoms with Gasteiger partial charge in [0.25, 0.3) is 0 Å². The van der Waals surface area contributed by atoms with Crippen molar-refractivity contribution in [3.63, 3.8) is 0 Å². The van der Waals surface area contributed by atoms with Crippen molar-refractivity contribution >= 4 is 141 Å². The van der Waals surface area contributed by atoms with Gasteiger partial charge in [-0.25, -0.2) is 27.1 Å². The molecule has 0 saturated carbocycles. The number of sulfonamides is 2. The van der Waals surface area contributed by atoms with Gasteiger partial charge in [-0.2, -0.15) is 39.5 Å². The fourth-order valence-electron chi connectivity index (χ4n) is 11.3. The van der Waals surface area contributed by atoms with E-state index in [2.05, 4.69) is 39.0 Å². The summed E-state index contributed by atoms with van der Waals surface area (Å²) in [4.78, 5) is 10.3. The van der Waals surface area contributed by atoms with Gasteiger partial charge in [-0.05, 0) is 132 Å². The van der Waals surface area contributed by atoms with Crippen LogP contribution >= 0.6 is 45.2 Å². The number of halogens is 11. The van der Waals surface area contributed by atoms with Gasteiger partial charge in [0.1, 0.15) is 54.2 Å². The number of carbonyl (C=O) groups excluding carboxylic acids is 1. The maximum absolute atomic E-state index is 13.6. The molecule has 4 aliphatic heterocycles. The van der Waals surface area contributed by atoms with Crippen molar-refractivity contribution in [2.45, 2.75) is 111 Å². The summed E-state index contributed by atoms with van der Waals surface area (Å²) in [6.07, 6.45) is -0.813. The number of nitrogen functional groups attached to an aromatic ring is 1. The lowest BCUT2D eigenvalue weighted by Crippen LogP contribution is -2.27. The lowest BCUT2D eigenvalue weighted by Gasteiger charge is -2.25. The van der Waals surface area contributed by atoms with Crippen LogP contribution < -0.4 is 61.0 Å². The second kappa shape index (κ2) is 42.1. The minimum Gasteiger partial charge on any atom is -0.497 e. The molecule has 4 saturated heterocycles. The first-order chi connectivity index (χ1) is 51.5. The number of Topliss-reactive ketones (excluding diaryl/α,β-unsaturated/α-hetero) is 1. The number of benzene rings is 5. The highest BCUT2D eigenvalue weighted by Crippen LogP contribution is 2.39. The SMILES string of the molecule is C#CCNc1ccc(S(N)(=O)=O)cc1OC.C1CCOC1.COc1cc(N)c2cc(I)n(CC(F)(F)F)c2c1.COc1cc(NC2CCOCC2)c2cc(C#CCNc3ccc(S(N)(=O)=O)cc3OC)n(CC(F)(F)F)c2c1.COc1cc(NC2CCOCC2)c2cc(I)n(CC(F)(F)F)c2c1.O=C1CCOCC1.[B]. The summed E-state index contributed by atoms with van der Waals surface area (Å²) >= 11 is 3.80. The largest absolute Gasteiger partial charge is 0.497 e. The molecule has 12 rings (SSSR count). The Labute approximate surface area is 660 Å². The number of anilines is 5. The Morgan fingerprint density at radius 1 is 0.509 bits per heavy atom. The van der Waals surface area contributed by atoms with Crippen molar-refractivity contribution in [1.29, 1.82) is 0 Å². The highest BCUT2D eigenvalue weighted by Gasteiger charge is 2.33. The smallest absolute Gasteiger partial charge is 0.406 e. The molecular formula is C72H85BF9I2N10O14S2. The highest BCUT2D eigenvalue weighted by atomic mass is 127. The molecule has 7 heterocycles. The van der Waals surface area contributed by atoms with Crippen LogP contribution in [0.25, 0.3) is 32.7 Å². The first kappa shape index (κ1) is 90.9. The number of nitrogens with zero attached hydrogens (tertiary/aromatic N) is 3. The van der Waals surface area contributed by atoms with Crippen molar-refractivity contribution in [2.24, 2.45) is 10.3 Å². The minimum atomic E-state index is -4.48. The first-order valence-electron chi connectivity index (χ1n) is 33.6. The quantitative estimate of drug-likeness (QED) is 0.0138. The molecule has 0 amide bonds. The van der Waals surface area contributed by atoms with Crippen LogP contribution in [0.5, 0.6) is 28.7 Å². The van der Waals surface area contributed by atoms with E-state index >= 15 is 0 Å². The molecule has 0 aliphatic carbocycles. The van der Waals surface area contributed by atoms with Crippen LogP contribution in [-0.4, -0.2) is 177 Å². The third-order valence-electron chi connectivity index (χ3n) is 16.6. The molecule has 0 atom stereocenters. The summed E-state index contributed by atoms with van der Waals surface area (Å²) in [7, 11) is -0.405. The van der Waals surface area contributed by atoms with Crippen molar-refractivity contribution in [1.82, 2.24) is 13.7 Å². The number of rotatable bonds is 18. The maximum Gasteiger partial charge on any atom is 0.406 e. The van der Waals surface area contributed by atoms with Gasteiger partial charge < -0.3 is 83.3 Å². The van der Waals surface area contributed by atoms with Gasteiger partial charge in [0.2, 0.25) is 20.0 Å². The van der Waals surface area contributed by atoms with Gasteiger partial charge in [-0.15, -0.1) is 6.42 Å². The molecule has 3 radical (unpaired) electrons. The van der Waals surface area contributed by atoms with Gasteiger partial charge >= 0.3 is 18.5 Å². The average Bonchev–Trinajstić information content (AvgIpc) is 1.97. The molecule has 8 aromatic rings. The van der Waals surface area contributed by atoms with Crippen LogP contribution in [0.1, 0.15) is 57.1 Å². The summed E-state index contributed by atoms with van der Waals surface area (Å²) in [5, 5.41) is 24.9. The molecule has 5 aromatic carbocycles. The third-order valence-corrected chi connectivity index (χ3v) is 20.3. The number of nitrogens with one attached hydrogen (secondary N) is 4. The molecule has 110 heavy (non-hydrogen) atoms. The summed E-state index contributed by atoms with van der Waals surface area (Å²) in [6, 6.07) is 23.7. The van der Waals surface area contributed by atoms with E-state index < -0.39 is 58.2 Å². The number of ether oxygens (including phenoxy) is 9. The van der Waals surface area contributed by atoms with Gasteiger partial charge in [0, 0.05) is 155 Å². The first-order valence-corrected chi connectivity index (χ1v) is 38.9. The lowest BCUT2D eigenvalue weighted by molar-refractivity contribution is -0.141. The van der Waals surface area contributed by atoms with Gasteiger partial charge in [-0.3, -0.25) is 4.79 Å². The summed E-state index contributed by atoms with van der Waals surface area (Å²) in [6.45, 7) is 2.98. The average molecular weight is 1810 g/mol. The van der Waals surface area contributed by atoms with E-state index in [1.165, 1.54) is 87.9 Å². The second-order valence-corrected chi connectivity index (χ2v) is 29.8. The van der Waals surface area contributed by atoms with Crippen molar-refractivity contribution in [2.75, 3.05) is 128 Å². The van der Waals surface area contributed by atoms with E-state index in [4.69, 9.17) is 65.1 Å². The van der Waals surface area contributed by atoms with Gasteiger partial charge in [-0.1, -0.05) is 11.8 Å². The Kier molecular flexibility index (Phi) is 34.8. The molecule has 0 unspecified atom stereocenters. The Balaban J connectivity index is 0.000000228. The van der Waals surface area contributed by atoms with Crippen LogP contribution in [0.3, 0.4) is 0 Å². The summed E-state index contributed by atoms with van der Waals surface area (Å²) < 4.78 is 214. The zero-order chi connectivity index (χ0) is 79.9. The fraction of sp³-hybridized carbons (Fsp3) is 0.431. The molecule has 599 valence electrons. The molecule has 38 heteroatoms. The van der Waals surface area contributed by atoms with E-state index in [9.17, 15) is 61.1 Å². The molecular weight excluding hydrogens is 1730 g/mol. The standard InChI is InChI=1S/C26H29F3N4O5S.C16H18F3IN2O2.C11H10F3IN2O.C10H12N2O3S.C5H8O2.C4H8O.B/c1-36-19-13-23(32-17-7-10-38-11-8-17)21-12-18(33(24(21)14-19)16-26(27,28)29)4-3-9-31-22-6-5-20(39(30,34)35)15-25(22)37-2;1-23-11-6-13(21-10-2-4-24-5-3-10)12-8-15(20)22(14(12)7-11)9-16(17,18)19;1-18-6-2-8(16)7-4-10(15)17(9(7)3-6)5-11(12,13)14;1-3-6-12-9-5-4-8(16(11,13)14)7-10(9)15-2;6-5-1-3-7-4-2-5;1-2-4-5-3-1;/h5-6,12-15,17,31-32H,7-11,16H2,1-2H3,(H2,30,34,35);6-8,10,21H,2-5,9H2,1H3;2-4H,5,16H2,1H3;1,4-5,7,12H,6H2,2H3,(H2,11,13,14);1-4H2;1-4H2;. The number of ketones is 1. The predicted octanol–water partition coefficient (Wildman–Crippen LogP) is 12.9. The predicted molar refractivity (Wildman–Crippen MR) is 421 cm³/mol. The van der Waals surface area contributed by atoms with Crippen LogP contribution in [0, 0.1) is 31.6 Å². The molecule has 4 aliphatic rings. The molecule has 10 N–H and O–H groups in total. The number of primary sulfonamides is 2. The number of hydrogen-bond acceptors (Lipinski definition) is 19. The van der Waals surface area contributed by atoms with Gasteiger partial charge in [0.15, 0.2) is 0 Å². The molecule has 4 fully saturated rings. The molecule has 3 aromatic heterocycles. The van der Waals surface area contributed by atoms with Crippen LogP contribution in [0.15, 0.2) is 101 Å². The lowest BCUT2D eigenvalue weighted by atomic mass is 10.1. The Morgan fingerprint density at radius 2 is 0.891 bits per heavy atom. The number of nitrogens with two attached hydrogens (primary N) is 3. The number of carbonyl (C=O) groups is 1. The monoisotopic (exact) mass is 1810 g/mol. The van der Waals surface area contributed by atoms with E-state index in [1.54, 1.807) is 54.6 Å². The molecule has 0 bridgehead atoms. The van der Waals surface area contributed by atoms with E-state index in [0.29, 0.717) is 145 Å². The molecule has 0 spiro atoms. The third kappa shape index (κ3) is 28.1. The Morgan fingerprint density at radius 3 is 1.27 bits per heavy atom. The number of alkyl halides is 9. The summed E-state index contributed by atoms with van der Waals surface area (Å²) in [5.41, 5.74) is 10.2. The molecule has 24 nitrogen and oxygen atoms in total. The van der Waals surface area contributed by atoms with Crippen LogP contribution in [0.2, 0.25) is 0 Å². The summed E-state index contributed by atoms with van der Waals surface area (Å²) in [5.74, 6) is 10.4. The number of aromatic nitrogens is 3. The zero-order valence-electron chi connectivity index (χ0n) is 60.6. The maximum atomic E-state index is 13.6. The van der Waals surface area contributed by atoms with Crippen molar-refractivity contribution < 1.29 is 104 Å². The van der Waals surface area contributed by atoms with Crippen molar-refractivity contribution in [3.8, 4) is 52.9 Å². The van der Waals surface area contributed by atoms with Crippen molar-refractivity contribution in [3.05, 3.63) is 104 Å². The van der Waals surface area contributed by atoms with Gasteiger partial charge in [0.05, 0.1) is 113 Å². The number of fused-ring (bicyclic) bond motifs is 3. The van der Waals surface area contributed by atoms with E-state index in [0.717, 1.165) is 54.5 Å². The van der Waals surface area contributed by atoms with Crippen LogP contribution in [-0.2, 0) is 63.4 Å². The zero-order valence-corrected chi connectivity index (χ0v) is 66.5. The minimum absolute atomic E-state index is 0.